The van der Waals surface area contributed by atoms with E-state index in [1.165, 1.54) is 12.2 Å². The van der Waals surface area contributed by atoms with Crippen molar-refractivity contribution in [3.8, 4) is 6.07 Å². The highest BCUT2D eigenvalue weighted by atomic mass is 16.5. The van der Waals surface area contributed by atoms with Crippen LogP contribution >= 0.6 is 0 Å². The first kappa shape index (κ1) is 8.21. The van der Waals surface area contributed by atoms with Crippen molar-refractivity contribution in [1.82, 2.24) is 0 Å². The van der Waals surface area contributed by atoms with E-state index < -0.39 is 18.3 Å². The standard InChI is InChI=1S/C7H9NO3/c8-3-1-2-6-7(10)5(9)4-11-6/h1-2,5-7,9-10H,4H2/t5-,6+,7+/m0/s1. The number of nitriles is 1. The Morgan fingerprint density at radius 1 is 1.55 bits per heavy atom. The number of aliphatic hydroxyl groups excluding tert-OH is 2. The molecule has 0 aromatic carbocycles. The predicted octanol–water partition coefficient (Wildman–Crippen LogP) is -0.813. The molecule has 0 amide bonds. The largest absolute Gasteiger partial charge is 0.388 e. The van der Waals surface area contributed by atoms with E-state index in [0.29, 0.717) is 0 Å². The molecule has 0 aromatic rings. The normalized spacial score (nSPS) is 37.7. The molecule has 1 fully saturated rings. The molecule has 3 atom stereocenters. The highest BCUT2D eigenvalue weighted by Crippen LogP contribution is 2.14. The molecule has 0 aromatic heterocycles. The van der Waals surface area contributed by atoms with Gasteiger partial charge in [-0.3, -0.25) is 0 Å². The van der Waals surface area contributed by atoms with Gasteiger partial charge >= 0.3 is 0 Å². The van der Waals surface area contributed by atoms with Crippen LogP contribution in [0, 0.1) is 11.3 Å². The zero-order valence-corrected chi connectivity index (χ0v) is 5.84. The number of ether oxygens (including phenoxy) is 1. The van der Waals surface area contributed by atoms with Gasteiger partial charge in [0.1, 0.15) is 18.3 Å². The van der Waals surface area contributed by atoms with Crippen molar-refractivity contribution in [3.63, 3.8) is 0 Å². The van der Waals surface area contributed by atoms with Gasteiger partial charge in [-0.1, -0.05) is 0 Å². The van der Waals surface area contributed by atoms with Gasteiger partial charge in [-0.15, -0.1) is 0 Å². The fraction of sp³-hybridized carbons (Fsp3) is 0.571. The maximum Gasteiger partial charge on any atom is 0.112 e. The molecule has 0 bridgehead atoms. The minimum Gasteiger partial charge on any atom is -0.388 e. The molecule has 1 aliphatic heterocycles. The quantitative estimate of drug-likeness (QED) is 0.485. The summed E-state index contributed by atoms with van der Waals surface area (Å²) in [6, 6.07) is 1.78. The van der Waals surface area contributed by atoms with Crippen molar-refractivity contribution >= 4 is 0 Å². The number of aliphatic hydroxyl groups is 2. The number of hydrogen-bond acceptors (Lipinski definition) is 4. The number of allylic oxidation sites excluding steroid dienone is 1. The SMILES string of the molecule is N#CC=C[C@H]1OC[C@H](O)[C@H]1O. The summed E-state index contributed by atoms with van der Waals surface area (Å²) < 4.78 is 4.94. The van der Waals surface area contributed by atoms with Crippen molar-refractivity contribution in [1.29, 1.82) is 5.26 Å². The lowest BCUT2D eigenvalue weighted by Gasteiger charge is -2.08. The molecule has 11 heavy (non-hydrogen) atoms. The maximum atomic E-state index is 9.15. The molecule has 1 aliphatic rings. The molecule has 4 heteroatoms. The summed E-state index contributed by atoms with van der Waals surface area (Å²) in [6.45, 7) is 0.127. The molecule has 0 unspecified atom stereocenters. The Hall–Kier alpha value is -0.890. The van der Waals surface area contributed by atoms with Crippen molar-refractivity contribution < 1.29 is 14.9 Å². The van der Waals surface area contributed by atoms with Crippen LogP contribution in [0.2, 0.25) is 0 Å². The topological polar surface area (TPSA) is 73.5 Å². The summed E-state index contributed by atoms with van der Waals surface area (Å²) in [5, 5.41) is 26.3. The third-order valence-electron chi connectivity index (χ3n) is 1.55. The Balaban J connectivity index is 2.50. The van der Waals surface area contributed by atoms with Gasteiger partial charge in [0, 0.05) is 6.08 Å². The first-order valence-electron chi connectivity index (χ1n) is 3.29. The van der Waals surface area contributed by atoms with Gasteiger partial charge < -0.3 is 14.9 Å². The van der Waals surface area contributed by atoms with Gasteiger partial charge in [-0.2, -0.15) is 5.26 Å². The predicted molar refractivity (Wildman–Crippen MR) is 36.5 cm³/mol. The average Bonchev–Trinajstić information content (AvgIpc) is 2.31. The van der Waals surface area contributed by atoms with Crippen LogP contribution in [0.1, 0.15) is 0 Å². The van der Waals surface area contributed by atoms with E-state index in [-0.39, 0.29) is 6.61 Å². The van der Waals surface area contributed by atoms with Crippen LogP contribution in [0.5, 0.6) is 0 Å². The summed E-state index contributed by atoms with van der Waals surface area (Å²) >= 11 is 0. The fourth-order valence-electron chi connectivity index (χ4n) is 0.933. The molecule has 0 saturated carbocycles. The molecule has 0 spiro atoms. The minimum atomic E-state index is -0.903. The van der Waals surface area contributed by atoms with Crippen LogP contribution in [0.4, 0.5) is 0 Å². The minimum absolute atomic E-state index is 0.127. The summed E-state index contributed by atoms with van der Waals surface area (Å²) in [4.78, 5) is 0. The highest BCUT2D eigenvalue weighted by molar-refractivity contribution is 5.08. The van der Waals surface area contributed by atoms with Crippen molar-refractivity contribution in [3.05, 3.63) is 12.2 Å². The molecular formula is C7H9NO3. The highest BCUT2D eigenvalue weighted by Gasteiger charge is 2.32. The molecule has 1 heterocycles. The first-order valence-corrected chi connectivity index (χ1v) is 3.29. The molecule has 60 valence electrons. The van der Waals surface area contributed by atoms with E-state index in [1.54, 1.807) is 6.07 Å². The lowest BCUT2D eigenvalue weighted by atomic mass is 10.1. The lowest BCUT2D eigenvalue weighted by Crippen LogP contribution is -2.28. The Kier molecular flexibility index (Phi) is 2.60. The third-order valence-corrected chi connectivity index (χ3v) is 1.55. The van der Waals surface area contributed by atoms with E-state index in [2.05, 4.69) is 0 Å². The van der Waals surface area contributed by atoms with E-state index in [1.807, 2.05) is 0 Å². The lowest BCUT2D eigenvalue weighted by molar-refractivity contribution is 0.0420. The maximum absolute atomic E-state index is 9.15. The molecule has 0 aliphatic carbocycles. The van der Waals surface area contributed by atoms with E-state index in [9.17, 15) is 0 Å². The zero-order chi connectivity index (χ0) is 8.27. The Morgan fingerprint density at radius 2 is 2.27 bits per heavy atom. The molecule has 2 N–H and O–H groups in total. The van der Waals surface area contributed by atoms with E-state index in [4.69, 9.17) is 20.2 Å². The molecule has 4 nitrogen and oxygen atoms in total. The number of hydrogen-bond donors (Lipinski definition) is 2. The first-order chi connectivity index (χ1) is 5.25. The molecule has 0 radical (unpaired) electrons. The Bertz CT molecular complexity index is 196. The second-order valence-corrected chi connectivity index (χ2v) is 2.34. The summed E-state index contributed by atoms with van der Waals surface area (Å²) in [5.41, 5.74) is 0. The average molecular weight is 155 g/mol. The second kappa shape index (κ2) is 3.49. The van der Waals surface area contributed by atoms with Gasteiger partial charge in [0.2, 0.25) is 0 Å². The van der Waals surface area contributed by atoms with Crippen molar-refractivity contribution in [2.24, 2.45) is 0 Å². The van der Waals surface area contributed by atoms with Gasteiger partial charge in [-0.25, -0.2) is 0 Å². The number of rotatable bonds is 1. The summed E-state index contributed by atoms with van der Waals surface area (Å²) in [7, 11) is 0. The third kappa shape index (κ3) is 1.77. The van der Waals surface area contributed by atoms with Crippen LogP contribution in [0.15, 0.2) is 12.2 Å². The molecule has 1 saturated heterocycles. The molecule has 1 rings (SSSR count). The molecular weight excluding hydrogens is 146 g/mol. The smallest absolute Gasteiger partial charge is 0.112 e. The van der Waals surface area contributed by atoms with Crippen LogP contribution < -0.4 is 0 Å². The van der Waals surface area contributed by atoms with E-state index in [0.717, 1.165) is 0 Å². The van der Waals surface area contributed by atoms with Crippen molar-refractivity contribution in [2.45, 2.75) is 18.3 Å². The Labute approximate surface area is 64.3 Å². The van der Waals surface area contributed by atoms with Gasteiger partial charge in [0.05, 0.1) is 12.7 Å². The van der Waals surface area contributed by atoms with Gasteiger partial charge in [0.25, 0.3) is 0 Å². The van der Waals surface area contributed by atoms with Gasteiger partial charge in [-0.05, 0) is 6.08 Å². The summed E-state index contributed by atoms with van der Waals surface area (Å²) in [5.74, 6) is 0. The number of nitrogens with zero attached hydrogens (tertiary/aromatic N) is 1. The van der Waals surface area contributed by atoms with E-state index >= 15 is 0 Å². The Morgan fingerprint density at radius 3 is 2.73 bits per heavy atom. The van der Waals surface area contributed by atoms with Crippen LogP contribution in [0.3, 0.4) is 0 Å². The van der Waals surface area contributed by atoms with Crippen LogP contribution in [-0.2, 0) is 4.74 Å². The summed E-state index contributed by atoms with van der Waals surface area (Å²) in [6.07, 6.45) is 0.389. The van der Waals surface area contributed by atoms with Gasteiger partial charge in [0.15, 0.2) is 0 Å². The van der Waals surface area contributed by atoms with Crippen LogP contribution in [0.25, 0.3) is 0 Å². The fourth-order valence-corrected chi connectivity index (χ4v) is 0.933. The zero-order valence-electron chi connectivity index (χ0n) is 5.84. The monoisotopic (exact) mass is 155 g/mol. The van der Waals surface area contributed by atoms with Crippen molar-refractivity contribution in [2.75, 3.05) is 6.61 Å². The second-order valence-electron chi connectivity index (χ2n) is 2.34. The van der Waals surface area contributed by atoms with Crippen LogP contribution in [-0.4, -0.2) is 35.1 Å².